The molecule has 1 aromatic heterocycles. The van der Waals surface area contributed by atoms with Crippen molar-refractivity contribution in [3.8, 4) is 11.5 Å². The van der Waals surface area contributed by atoms with Crippen molar-refractivity contribution in [1.29, 1.82) is 0 Å². The van der Waals surface area contributed by atoms with Gasteiger partial charge in [-0.3, -0.25) is 14.6 Å². The number of methoxy groups -OCH3 is 2. The zero-order valence-corrected chi connectivity index (χ0v) is 15.5. The van der Waals surface area contributed by atoms with Gasteiger partial charge >= 0.3 is 0 Å². The summed E-state index contributed by atoms with van der Waals surface area (Å²) in [5, 5.41) is 2.85. The Labute approximate surface area is 158 Å². The predicted molar refractivity (Wildman–Crippen MR) is 100 cm³/mol. The summed E-state index contributed by atoms with van der Waals surface area (Å²) >= 11 is 0. The number of benzene rings is 1. The number of ether oxygens (including phenoxy) is 2. The second kappa shape index (κ2) is 8.53. The van der Waals surface area contributed by atoms with Gasteiger partial charge in [0.1, 0.15) is 5.69 Å². The van der Waals surface area contributed by atoms with Crippen LogP contribution in [-0.2, 0) is 6.54 Å². The Kier molecular flexibility index (Phi) is 5.90. The van der Waals surface area contributed by atoms with Crippen LogP contribution in [0.25, 0.3) is 0 Å². The van der Waals surface area contributed by atoms with E-state index in [0.29, 0.717) is 29.3 Å². The fourth-order valence-electron chi connectivity index (χ4n) is 3.05. The Morgan fingerprint density at radius 1 is 1.07 bits per heavy atom. The monoisotopic (exact) mass is 369 g/mol. The van der Waals surface area contributed by atoms with E-state index in [2.05, 4.69) is 10.3 Å². The van der Waals surface area contributed by atoms with Gasteiger partial charge in [0.25, 0.3) is 11.8 Å². The summed E-state index contributed by atoms with van der Waals surface area (Å²) in [6.07, 6.45) is 3.52. The molecule has 1 aliphatic rings. The lowest BCUT2D eigenvalue weighted by Gasteiger charge is -2.15. The van der Waals surface area contributed by atoms with Crippen molar-refractivity contribution >= 4 is 11.8 Å². The van der Waals surface area contributed by atoms with Crippen LogP contribution in [0, 0.1) is 0 Å². The van der Waals surface area contributed by atoms with Crippen molar-refractivity contribution in [3.05, 3.63) is 53.3 Å². The molecule has 0 bridgehead atoms. The number of hydrogen-bond acceptors (Lipinski definition) is 5. The maximum Gasteiger partial charge on any atom is 0.272 e. The van der Waals surface area contributed by atoms with Crippen molar-refractivity contribution in [1.82, 2.24) is 15.2 Å². The lowest BCUT2D eigenvalue weighted by Crippen LogP contribution is -2.29. The summed E-state index contributed by atoms with van der Waals surface area (Å²) in [5.41, 5.74) is 1.59. The lowest BCUT2D eigenvalue weighted by atomic mass is 10.1. The third kappa shape index (κ3) is 4.36. The Hall–Kier alpha value is -3.09. The zero-order chi connectivity index (χ0) is 19.2. The summed E-state index contributed by atoms with van der Waals surface area (Å²) in [6, 6.07) is 8.61. The molecule has 2 heterocycles. The molecule has 0 radical (unpaired) electrons. The van der Waals surface area contributed by atoms with Crippen molar-refractivity contribution < 1.29 is 19.1 Å². The zero-order valence-electron chi connectivity index (χ0n) is 15.5. The van der Waals surface area contributed by atoms with Gasteiger partial charge in [-0.2, -0.15) is 0 Å². The van der Waals surface area contributed by atoms with Crippen molar-refractivity contribution in [2.75, 3.05) is 27.3 Å². The normalized spacial score (nSPS) is 13.3. The number of pyridine rings is 1. The summed E-state index contributed by atoms with van der Waals surface area (Å²) < 4.78 is 10.5. The van der Waals surface area contributed by atoms with Crippen LogP contribution in [0.1, 0.15) is 39.3 Å². The molecule has 7 nitrogen and oxygen atoms in total. The molecule has 0 atom stereocenters. The van der Waals surface area contributed by atoms with Crippen molar-refractivity contribution in [2.24, 2.45) is 0 Å². The molecule has 0 saturated carbocycles. The van der Waals surface area contributed by atoms with Gasteiger partial charge < -0.3 is 19.7 Å². The van der Waals surface area contributed by atoms with Crippen LogP contribution >= 0.6 is 0 Å². The Morgan fingerprint density at radius 3 is 2.52 bits per heavy atom. The summed E-state index contributed by atoms with van der Waals surface area (Å²) in [4.78, 5) is 30.8. The molecule has 142 valence electrons. The van der Waals surface area contributed by atoms with Gasteiger partial charge in [-0.25, -0.2) is 0 Å². The maximum atomic E-state index is 12.5. The van der Waals surface area contributed by atoms with Crippen molar-refractivity contribution in [2.45, 2.75) is 19.4 Å². The number of nitrogens with one attached hydrogen (secondary N) is 1. The first-order valence-corrected chi connectivity index (χ1v) is 8.87. The molecular weight excluding hydrogens is 346 g/mol. The molecule has 3 rings (SSSR count). The quantitative estimate of drug-likeness (QED) is 0.845. The van der Waals surface area contributed by atoms with Gasteiger partial charge in [0.05, 0.1) is 14.2 Å². The van der Waals surface area contributed by atoms with E-state index in [9.17, 15) is 9.59 Å². The number of hydrogen-bond donors (Lipinski definition) is 1. The highest BCUT2D eigenvalue weighted by molar-refractivity contribution is 5.98. The van der Waals surface area contributed by atoms with Crippen LogP contribution < -0.4 is 14.8 Å². The molecule has 1 saturated heterocycles. The first-order valence-electron chi connectivity index (χ1n) is 8.87. The van der Waals surface area contributed by atoms with Gasteiger partial charge in [0.15, 0.2) is 11.5 Å². The lowest BCUT2D eigenvalue weighted by molar-refractivity contribution is 0.0787. The van der Waals surface area contributed by atoms with E-state index in [1.165, 1.54) is 6.20 Å². The van der Waals surface area contributed by atoms with E-state index in [-0.39, 0.29) is 11.8 Å². The highest BCUT2D eigenvalue weighted by Crippen LogP contribution is 2.27. The van der Waals surface area contributed by atoms with E-state index in [4.69, 9.17) is 9.47 Å². The fraction of sp³-hybridized carbons (Fsp3) is 0.350. The molecule has 2 aromatic rings. The van der Waals surface area contributed by atoms with Gasteiger partial charge in [0.2, 0.25) is 0 Å². The van der Waals surface area contributed by atoms with Crippen LogP contribution in [0.15, 0.2) is 36.5 Å². The molecule has 0 spiro atoms. The van der Waals surface area contributed by atoms with Gasteiger partial charge in [-0.05, 0) is 42.7 Å². The molecule has 2 amide bonds. The number of rotatable bonds is 6. The molecule has 1 N–H and O–H groups in total. The van der Waals surface area contributed by atoms with E-state index in [0.717, 1.165) is 31.5 Å². The third-order valence-electron chi connectivity index (χ3n) is 4.54. The number of nitrogens with zero attached hydrogens (tertiary/aromatic N) is 2. The Balaban J connectivity index is 1.66. The second-order valence-electron chi connectivity index (χ2n) is 6.30. The van der Waals surface area contributed by atoms with Crippen LogP contribution in [0.2, 0.25) is 0 Å². The van der Waals surface area contributed by atoms with Crippen LogP contribution in [0.5, 0.6) is 11.5 Å². The van der Waals surface area contributed by atoms with Crippen LogP contribution in [0.4, 0.5) is 0 Å². The molecule has 1 aromatic carbocycles. The van der Waals surface area contributed by atoms with E-state index in [1.54, 1.807) is 37.3 Å². The van der Waals surface area contributed by atoms with E-state index >= 15 is 0 Å². The highest BCUT2D eigenvalue weighted by atomic mass is 16.5. The number of carbonyl (C=O) groups is 2. The van der Waals surface area contributed by atoms with E-state index in [1.807, 2.05) is 12.1 Å². The average Bonchev–Trinajstić information content (AvgIpc) is 3.26. The van der Waals surface area contributed by atoms with Gasteiger partial charge in [-0.1, -0.05) is 6.07 Å². The fourth-order valence-corrected chi connectivity index (χ4v) is 3.05. The molecule has 7 heteroatoms. The first-order chi connectivity index (χ1) is 13.1. The minimum atomic E-state index is -0.261. The number of carbonyl (C=O) groups excluding carboxylic acids is 2. The first kappa shape index (κ1) is 18.7. The predicted octanol–water partition coefficient (Wildman–Crippen LogP) is 2.26. The Bertz CT molecular complexity index is 832. The minimum absolute atomic E-state index is 0.123. The number of likely N-dealkylation sites (tertiary alicyclic amines) is 1. The van der Waals surface area contributed by atoms with E-state index < -0.39 is 0 Å². The molecule has 27 heavy (non-hydrogen) atoms. The summed E-state index contributed by atoms with van der Waals surface area (Å²) in [6.45, 7) is 1.82. The highest BCUT2D eigenvalue weighted by Gasteiger charge is 2.21. The third-order valence-corrected chi connectivity index (χ3v) is 4.54. The van der Waals surface area contributed by atoms with Crippen LogP contribution in [0.3, 0.4) is 0 Å². The molecule has 0 unspecified atom stereocenters. The van der Waals surface area contributed by atoms with Gasteiger partial charge in [-0.15, -0.1) is 0 Å². The minimum Gasteiger partial charge on any atom is -0.493 e. The van der Waals surface area contributed by atoms with Gasteiger partial charge in [0, 0.05) is 31.4 Å². The number of amides is 2. The summed E-state index contributed by atoms with van der Waals surface area (Å²) in [7, 11) is 3.14. The summed E-state index contributed by atoms with van der Waals surface area (Å²) in [5.74, 6) is 0.850. The topological polar surface area (TPSA) is 80.8 Å². The smallest absolute Gasteiger partial charge is 0.272 e. The number of aromatic nitrogens is 1. The SMILES string of the molecule is COc1ccc(CNC(=O)c2ccnc(C(=O)N3CCCC3)c2)cc1OC. The largest absolute Gasteiger partial charge is 0.493 e. The maximum absolute atomic E-state index is 12.5. The average molecular weight is 369 g/mol. The van der Waals surface area contributed by atoms with Crippen LogP contribution in [-0.4, -0.2) is 49.0 Å². The molecule has 1 aliphatic heterocycles. The molecule has 0 aliphatic carbocycles. The Morgan fingerprint density at radius 2 is 1.81 bits per heavy atom. The molecular formula is C20H23N3O4. The standard InChI is InChI=1S/C20H23N3O4/c1-26-17-6-5-14(11-18(17)27-2)13-22-19(24)15-7-8-21-16(12-15)20(25)23-9-3-4-10-23/h5-8,11-12H,3-4,9-10,13H2,1-2H3,(H,22,24). The second-order valence-corrected chi connectivity index (χ2v) is 6.30. The van der Waals surface area contributed by atoms with Crippen molar-refractivity contribution in [3.63, 3.8) is 0 Å². The molecule has 1 fully saturated rings.